The van der Waals surface area contributed by atoms with Gasteiger partial charge in [-0.2, -0.15) is 0 Å². The molecular formula is C12H25N3O2S. The smallest absolute Gasteiger partial charge is 0.153 e. The fourth-order valence-electron chi connectivity index (χ4n) is 3.22. The molecule has 6 heteroatoms. The Morgan fingerprint density at radius 1 is 1.22 bits per heavy atom. The van der Waals surface area contributed by atoms with E-state index >= 15 is 0 Å². The lowest BCUT2D eigenvalue weighted by atomic mass is 9.75. The maximum atomic E-state index is 11.6. The van der Waals surface area contributed by atoms with Gasteiger partial charge >= 0.3 is 0 Å². The molecule has 18 heavy (non-hydrogen) atoms. The fourth-order valence-corrected chi connectivity index (χ4v) is 5.19. The largest absolute Gasteiger partial charge is 0.325 e. The second kappa shape index (κ2) is 4.74. The van der Waals surface area contributed by atoms with Crippen molar-refractivity contribution in [3.8, 4) is 0 Å². The van der Waals surface area contributed by atoms with Crippen molar-refractivity contribution in [2.75, 3.05) is 39.2 Å². The molecule has 0 aromatic carbocycles. The Labute approximate surface area is 110 Å². The maximum Gasteiger partial charge on any atom is 0.153 e. The van der Waals surface area contributed by atoms with Gasteiger partial charge in [0.15, 0.2) is 9.84 Å². The van der Waals surface area contributed by atoms with Crippen LogP contribution >= 0.6 is 0 Å². The second-order valence-corrected chi connectivity index (χ2v) is 8.35. The Bertz CT molecular complexity index is 404. The van der Waals surface area contributed by atoms with Gasteiger partial charge in [0.05, 0.1) is 11.5 Å². The average molecular weight is 275 g/mol. The summed E-state index contributed by atoms with van der Waals surface area (Å²) in [5.74, 6) is 0.352. The molecule has 0 aromatic heterocycles. The van der Waals surface area contributed by atoms with E-state index in [2.05, 4.69) is 23.9 Å². The quantitative estimate of drug-likeness (QED) is 0.751. The third kappa shape index (κ3) is 2.57. The van der Waals surface area contributed by atoms with Crippen LogP contribution in [0.3, 0.4) is 0 Å². The molecule has 106 valence electrons. The summed E-state index contributed by atoms with van der Waals surface area (Å²) in [4.78, 5) is 4.44. The van der Waals surface area contributed by atoms with Crippen LogP contribution in [0.5, 0.6) is 0 Å². The Morgan fingerprint density at radius 2 is 1.83 bits per heavy atom. The van der Waals surface area contributed by atoms with E-state index in [4.69, 9.17) is 5.73 Å². The maximum absolute atomic E-state index is 11.6. The van der Waals surface area contributed by atoms with Crippen molar-refractivity contribution < 1.29 is 8.42 Å². The average Bonchev–Trinajstić information content (AvgIpc) is 2.45. The lowest BCUT2D eigenvalue weighted by Gasteiger charge is -2.50. The van der Waals surface area contributed by atoms with E-state index in [1.165, 1.54) is 19.3 Å². The number of rotatable bonds is 4. The Morgan fingerprint density at radius 3 is 2.17 bits per heavy atom. The first-order chi connectivity index (χ1) is 8.26. The van der Waals surface area contributed by atoms with Crippen LogP contribution in [0.4, 0.5) is 0 Å². The molecule has 0 amide bonds. The molecule has 1 saturated heterocycles. The number of hydrogen-bond donors (Lipinski definition) is 1. The molecule has 1 aliphatic heterocycles. The van der Waals surface area contributed by atoms with Crippen molar-refractivity contribution in [1.29, 1.82) is 0 Å². The zero-order valence-corrected chi connectivity index (χ0v) is 12.4. The molecule has 0 radical (unpaired) electrons. The highest BCUT2D eigenvalue weighted by molar-refractivity contribution is 7.91. The molecule has 2 unspecified atom stereocenters. The first-order valence-electron chi connectivity index (χ1n) is 6.59. The van der Waals surface area contributed by atoms with Gasteiger partial charge in [-0.3, -0.25) is 4.90 Å². The van der Waals surface area contributed by atoms with Crippen LogP contribution in [0.2, 0.25) is 0 Å². The number of likely N-dealkylation sites (N-methyl/N-ethyl adjacent to an activating group) is 2. The van der Waals surface area contributed by atoms with Crippen LogP contribution in [0.15, 0.2) is 0 Å². The van der Waals surface area contributed by atoms with Crippen molar-refractivity contribution in [2.45, 2.75) is 36.9 Å². The number of nitrogens with zero attached hydrogens (tertiary/aromatic N) is 2. The Kier molecular flexibility index (Phi) is 3.75. The molecule has 0 spiro atoms. The van der Waals surface area contributed by atoms with Crippen LogP contribution in [-0.2, 0) is 9.84 Å². The van der Waals surface area contributed by atoms with E-state index < -0.39 is 9.84 Å². The zero-order valence-electron chi connectivity index (χ0n) is 11.6. The van der Waals surface area contributed by atoms with Gasteiger partial charge < -0.3 is 10.6 Å². The lowest BCUT2D eigenvalue weighted by Crippen LogP contribution is -2.59. The second-order valence-electron chi connectivity index (χ2n) is 6.20. The number of nitrogens with two attached hydrogens (primary N) is 1. The standard InChI is InChI=1S/C12H25N3O2S/c1-14(2)12(5-4-6-12)9-15(3)11-8-18(16,17)7-10(11)13/h10-11H,4-9,13H2,1-3H3. The molecule has 2 rings (SSSR count). The molecule has 2 aliphatic rings. The predicted octanol–water partition coefficient (Wildman–Crippen LogP) is -0.473. The van der Waals surface area contributed by atoms with Crippen LogP contribution in [0, 0.1) is 0 Å². The third-order valence-corrected chi connectivity index (χ3v) is 6.45. The topological polar surface area (TPSA) is 66.6 Å². The fraction of sp³-hybridized carbons (Fsp3) is 1.00. The van der Waals surface area contributed by atoms with Crippen molar-refractivity contribution >= 4 is 9.84 Å². The van der Waals surface area contributed by atoms with Crippen molar-refractivity contribution in [3.05, 3.63) is 0 Å². The number of sulfone groups is 1. The van der Waals surface area contributed by atoms with E-state index in [0.717, 1.165) is 6.54 Å². The Balaban J connectivity index is 2.02. The summed E-state index contributed by atoms with van der Waals surface area (Å²) >= 11 is 0. The molecule has 0 aromatic rings. The van der Waals surface area contributed by atoms with Gasteiger partial charge in [-0.05, 0) is 40.4 Å². The summed E-state index contributed by atoms with van der Waals surface area (Å²) in [5.41, 5.74) is 6.20. The first-order valence-corrected chi connectivity index (χ1v) is 8.42. The Hall–Kier alpha value is -0.170. The van der Waals surface area contributed by atoms with Crippen molar-refractivity contribution in [3.63, 3.8) is 0 Å². The van der Waals surface area contributed by atoms with Crippen LogP contribution in [-0.4, -0.2) is 75.0 Å². The van der Waals surface area contributed by atoms with Gasteiger partial charge in [-0.25, -0.2) is 8.42 Å². The minimum absolute atomic E-state index is 0.0209. The molecule has 5 nitrogen and oxygen atoms in total. The molecule has 2 atom stereocenters. The molecule has 2 N–H and O–H groups in total. The summed E-state index contributed by atoms with van der Waals surface area (Å²) in [6, 6.07) is -0.258. The normalized spacial score (nSPS) is 33.9. The van der Waals surface area contributed by atoms with Gasteiger partial charge in [-0.15, -0.1) is 0 Å². The minimum atomic E-state index is -2.93. The van der Waals surface area contributed by atoms with E-state index in [1.807, 2.05) is 7.05 Å². The summed E-state index contributed by atoms with van der Waals surface area (Å²) < 4.78 is 23.2. The molecule has 2 fully saturated rings. The molecule has 1 aliphatic carbocycles. The van der Waals surface area contributed by atoms with Gasteiger partial charge in [0.1, 0.15) is 0 Å². The highest BCUT2D eigenvalue weighted by Gasteiger charge is 2.44. The summed E-state index contributed by atoms with van der Waals surface area (Å²) in [6.45, 7) is 0.911. The van der Waals surface area contributed by atoms with Gasteiger partial charge in [-0.1, -0.05) is 0 Å². The summed E-state index contributed by atoms with van der Waals surface area (Å²) in [7, 11) is 3.29. The minimum Gasteiger partial charge on any atom is -0.325 e. The van der Waals surface area contributed by atoms with Crippen LogP contribution in [0.25, 0.3) is 0 Å². The molecular weight excluding hydrogens is 250 g/mol. The van der Waals surface area contributed by atoms with E-state index in [-0.39, 0.29) is 29.1 Å². The molecule has 1 saturated carbocycles. The van der Waals surface area contributed by atoms with Crippen LogP contribution < -0.4 is 5.73 Å². The third-order valence-electron chi connectivity index (χ3n) is 4.71. The summed E-state index contributed by atoms with van der Waals surface area (Å²) in [6.07, 6.45) is 3.65. The molecule has 1 heterocycles. The van der Waals surface area contributed by atoms with Crippen LogP contribution in [0.1, 0.15) is 19.3 Å². The SMILES string of the molecule is CN(CC1(N(C)C)CCC1)C1CS(=O)(=O)CC1N. The predicted molar refractivity (Wildman–Crippen MR) is 73.3 cm³/mol. The van der Waals surface area contributed by atoms with E-state index in [9.17, 15) is 8.42 Å². The lowest BCUT2D eigenvalue weighted by molar-refractivity contribution is 0.0173. The van der Waals surface area contributed by atoms with Gasteiger partial charge in [0.25, 0.3) is 0 Å². The zero-order chi connectivity index (χ0) is 13.6. The highest BCUT2D eigenvalue weighted by Crippen LogP contribution is 2.37. The molecule has 0 bridgehead atoms. The monoisotopic (exact) mass is 275 g/mol. The number of hydrogen-bond acceptors (Lipinski definition) is 5. The van der Waals surface area contributed by atoms with E-state index in [0.29, 0.717) is 0 Å². The van der Waals surface area contributed by atoms with E-state index in [1.54, 1.807) is 0 Å². The summed E-state index contributed by atoms with van der Waals surface area (Å²) in [5, 5.41) is 0. The first kappa shape index (κ1) is 14.2. The van der Waals surface area contributed by atoms with Gasteiger partial charge in [0, 0.05) is 24.2 Å². The van der Waals surface area contributed by atoms with Gasteiger partial charge in [0.2, 0.25) is 0 Å². The van der Waals surface area contributed by atoms with Crippen molar-refractivity contribution in [2.24, 2.45) is 5.73 Å². The van der Waals surface area contributed by atoms with Crippen molar-refractivity contribution in [1.82, 2.24) is 9.80 Å². The highest BCUT2D eigenvalue weighted by atomic mass is 32.2.